The minimum Gasteiger partial charge on any atom is -0.491 e. The highest BCUT2D eigenvalue weighted by Gasteiger charge is 2.03. The summed E-state index contributed by atoms with van der Waals surface area (Å²) in [6, 6.07) is 7.92. The monoisotopic (exact) mass is 264 g/mol. The molecular weight excluding hydrogens is 248 g/mol. The predicted octanol–water partition coefficient (Wildman–Crippen LogP) is 2.88. The zero-order chi connectivity index (χ0) is 12.8. The molecule has 1 N–H and O–H groups in total. The molecular formula is C13H16N2O2S. The number of hydrogen-bond acceptors (Lipinski definition) is 5. The molecule has 0 saturated heterocycles. The summed E-state index contributed by atoms with van der Waals surface area (Å²) in [5.74, 6) is 0.847. The van der Waals surface area contributed by atoms with E-state index in [-0.39, 0.29) is 0 Å². The Hall–Kier alpha value is -1.59. The molecule has 0 unspecified atom stereocenters. The minimum atomic E-state index is 0.566. The summed E-state index contributed by atoms with van der Waals surface area (Å²) < 4.78 is 10.4. The molecule has 0 fully saturated rings. The van der Waals surface area contributed by atoms with Crippen LogP contribution in [0.15, 0.2) is 29.6 Å². The fourth-order valence-corrected chi connectivity index (χ4v) is 2.17. The molecule has 0 radical (unpaired) electrons. The number of hydrogen-bond donors (Lipinski definition) is 1. The Balaban J connectivity index is 2.02. The number of nitrogens with zero attached hydrogens (tertiary/aromatic N) is 1. The molecule has 0 bridgehead atoms. The number of thiazole rings is 1. The van der Waals surface area contributed by atoms with Gasteiger partial charge in [0.2, 0.25) is 0 Å². The predicted molar refractivity (Wildman–Crippen MR) is 74.5 cm³/mol. The highest BCUT2D eigenvalue weighted by molar-refractivity contribution is 7.14. The van der Waals surface area contributed by atoms with E-state index in [2.05, 4.69) is 10.3 Å². The molecule has 0 atom stereocenters. The third-order valence-electron chi connectivity index (χ3n) is 2.42. The van der Waals surface area contributed by atoms with E-state index in [4.69, 9.17) is 9.47 Å². The lowest BCUT2D eigenvalue weighted by Gasteiger charge is -2.05. The topological polar surface area (TPSA) is 43.4 Å². The number of ether oxygens (including phenoxy) is 2. The van der Waals surface area contributed by atoms with Crippen molar-refractivity contribution in [2.45, 2.75) is 0 Å². The van der Waals surface area contributed by atoms with Gasteiger partial charge in [-0.1, -0.05) is 0 Å². The van der Waals surface area contributed by atoms with Crippen LogP contribution in [0.1, 0.15) is 0 Å². The lowest BCUT2D eigenvalue weighted by molar-refractivity contribution is 0.146. The first-order valence-corrected chi connectivity index (χ1v) is 6.57. The molecule has 18 heavy (non-hydrogen) atoms. The average molecular weight is 264 g/mol. The lowest BCUT2D eigenvalue weighted by Crippen LogP contribution is -2.03. The zero-order valence-corrected chi connectivity index (χ0v) is 11.3. The van der Waals surface area contributed by atoms with Crippen LogP contribution >= 0.6 is 11.3 Å². The zero-order valence-electron chi connectivity index (χ0n) is 10.5. The Morgan fingerprint density at radius 1 is 1.22 bits per heavy atom. The van der Waals surface area contributed by atoms with Crippen LogP contribution in [0.5, 0.6) is 5.75 Å². The average Bonchev–Trinajstić information content (AvgIpc) is 2.89. The van der Waals surface area contributed by atoms with E-state index in [0.29, 0.717) is 13.2 Å². The van der Waals surface area contributed by atoms with Gasteiger partial charge in [-0.25, -0.2) is 4.98 Å². The van der Waals surface area contributed by atoms with Crippen molar-refractivity contribution in [1.29, 1.82) is 0 Å². The van der Waals surface area contributed by atoms with Crippen LogP contribution in [0.4, 0.5) is 5.13 Å². The Labute approximate surface area is 111 Å². The van der Waals surface area contributed by atoms with Crippen LogP contribution in [-0.2, 0) is 4.74 Å². The van der Waals surface area contributed by atoms with Crippen molar-refractivity contribution in [3.8, 4) is 17.0 Å². The highest BCUT2D eigenvalue weighted by Crippen LogP contribution is 2.26. The first-order valence-electron chi connectivity index (χ1n) is 5.69. The van der Waals surface area contributed by atoms with Crippen molar-refractivity contribution in [3.05, 3.63) is 29.6 Å². The van der Waals surface area contributed by atoms with Crippen LogP contribution in [0.3, 0.4) is 0 Å². The van der Waals surface area contributed by atoms with Crippen molar-refractivity contribution in [1.82, 2.24) is 4.98 Å². The van der Waals surface area contributed by atoms with Gasteiger partial charge in [-0.2, -0.15) is 0 Å². The van der Waals surface area contributed by atoms with E-state index in [1.165, 1.54) is 0 Å². The molecule has 2 aromatic rings. The van der Waals surface area contributed by atoms with E-state index >= 15 is 0 Å². The lowest BCUT2D eigenvalue weighted by atomic mass is 10.2. The van der Waals surface area contributed by atoms with Gasteiger partial charge in [0.05, 0.1) is 12.3 Å². The van der Waals surface area contributed by atoms with Crippen LogP contribution in [0, 0.1) is 0 Å². The van der Waals surface area contributed by atoms with Gasteiger partial charge in [0.25, 0.3) is 0 Å². The molecule has 5 heteroatoms. The van der Waals surface area contributed by atoms with Crippen LogP contribution in [0.2, 0.25) is 0 Å². The maximum atomic E-state index is 5.51. The number of rotatable bonds is 6. The fourth-order valence-electron chi connectivity index (χ4n) is 1.49. The molecule has 1 aromatic heterocycles. The van der Waals surface area contributed by atoms with Crippen molar-refractivity contribution >= 4 is 16.5 Å². The maximum Gasteiger partial charge on any atom is 0.182 e. The van der Waals surface area contributed by atoms with Gasteiger partial charge in [0.15, 0.2) is 5.13 Å². The van der Waals surface area contributed by atoms with Gasteiger partial charge < -0.3 is 14.8 Å². The second-order valence-corrected chi connectivity index (χ2v) is 4.51. The van der Waals surface area contributed by atoms with Crippen LogP contribution < -0.4 is 10.1 Å². The molecule has 4 nitrogen and oxygen atoms in total. The van der Waals surface area contributed by atoms with Gasteiger partial charge in [0.1, 0.15) is 12.4 Å². The van der Waals surface area contributed by atoms with Gasteiger partial charge in [0, 0.05) is 25.1 Å². The van der Waals surface area contributed by atoms with E-state index in [9.17, 15) is 0 Å². The summed E-state index contributed by atoms with van der Waals surface area (Å²) in [6.45, 7) is 1.16. The Bertz CT molecular complexity index is 482. The molecule has 0 amide bonds. The van der Waals surface area contributed by atoms with E-state index in [1.54, 1.807) is 18.4 Å². The largest absolute Gasteiger partial charge is 0.491 e. The quantitative estimate of drug-likeness (QED) is 0.815. The Morgan fingerprint density at radius 3 is 2.61 bits per heavy atom. The van der Waals surface area contributed by atoms with Crippen molar-refractivity contribution in [3.63, 3.8) is 0 Å². The Morgan fingerprint density at radius 2 is 2.00 bits per heavy atom. The van der Waals surface area contributed by atoms with E-state index in [0.717, 1.165) is 22.1 Å². The summed E-state index contributed by atoms with van der Waals surface area (Å²) >= 11 is 1.60. The maximum absolute atomic E-state index is 5.51. The number of nitrogens with one attached hydrogen (secondary N) is 1. The van der Waals surface area contributed by atoms with Gasteiger partial charge in [-0.15, -0.1) is 11.3 Å². The summed E-state index contributed by atoms with van der Waals surface area (Å²) in [5, 5.41) is 5.99. The number of anilines is 1. The van der Waals surface area contributed by atoms with Crippen LogP contribution in [-0.4, -0.2) is 32.4 Å². The fraction of sp³-hybridized carbons (Fsp3) is 0.308. The van der Waals surface area contributed by atoms with E-state index < -0.39 is 0 Å². The first-order chi connectivity index (χ1) is 8.83. The number of aromatic nitrogens is 1. The molecule has 0 aliphatic heterocycles. The molecule has 0 spiro atoms. The summed E-state index contributed by atoms with van der Waals surface area (Å²) in [6.07, 6.45) is 0. The molecule has 96 valence electrons. The summed E-state index contributed by atoms with van der Waals surface area (Å²) in [7, 11) is 3.53. The number of methoxy groups -OCH3 is 1. The minimum absolute atomic E-state index is 0.566. The SMILES string of the molecule is CNc1nc(-c2ccc(OCCOC)cc2)cs1. The van der Waals surface area contributed by atoms with Crippen molar-refractivity contribution < 1.29 is 9.47 Å². The third kappa shape index (κ3) is 3.21. The van der Waals surface area contributed by atoms with Gasteiger partial charge >= 0.3 is 0 Å². The van der Waals surface area contributed by atoms with Gasteiger partial charge in [-0.05, 0) is 24.3 Å². The third-order valence-corrected chi connectivity index (χ3v) is 3.28. The normalized spacial score (nSPS) is 10.3. The second-order valence-electron chi connectivity index (χ2n) is 3.65. The number of benzene rings is 1. The molecule has 0 aliphatic carbocycles. The molecule has 1 heterocycles. The Kier molecular flexibility index (Phi) is 4.55. The summed E-state index contributed by atoms with van der Waals surface area (Å²) in [4.78, 5) is 4.45. The second kappa shape index (κ2) is 6.37. The molecule has 0 aliphatic rings. The van der Waals surface area contributed by atoms with E-state index in [1.807, 2.05) is 36.7 Å². The first kappa shape index (κ1) is 12.9. The standard InChI is InChI=1S/C13H16N2O2S/c1-14-13-15-12(9-18-13)10-3-5-11(6-4-10)17-8-7-16-2/h3-6,9H,7-8H2,1-2H3,(H,14,15). The summed E-state index contributed by atoms with van der Waals surface area (Å²) in [5.41, 5.74) is 2.07. The van der Waals surface area contributed by atoms with Crippen molar-refractivity contribution in [2.75, 3.05) is 32.7 Å². The van der Waals surface area contributed by atoms with Crippen LogP contribution in [0.25, 0.3) is 11.3 Å². The molecule has 0 saturated carbocycles. The highest BCUT2D eigenvalue weighted by atomic mass is 32.1. The van der Waals surface area contributed by atoms with Crippen molar-refractivity contribution in [2.24, 2.45) is 0 Å². The molecule has 2 rings (SSSR count). The van der Waals surface area contributed by atoms with Gasteiger partial charge in [-0.3, -0.25) is 0 Å². The molecule has 1 aromatic carbocycles. The smallest absolute Gasteiger partial charge is 0.182 e.